The minimum absolute atomic E-state index is 0.193. The third-order valence-electron chi connectivity index (χ3n) is 4.02. The molecule has 0 saturated heterocycles. The molecule has 1 heterocycles. The van der Waals surface area contributed by atoms with E-state index in [2.05, 4.69) is 10.3 Å². The lowest BCUT2D eigenvalue weighted by Gasteiger charge is -2.33. The molecular weight excluding hydrogens is 240 g/mol. The van der Waals surface area contributed by atoms with E-state index in [4.69, 9.17) is 4.52 Å². The minimum atomic E-state index is 0.193. The molecular formula is C15H16N2O2. The number of nitrogens with zero attached hydrogens (tertiary/aromatic N) is 2. The summed E-state index contributed by atoms with van der Waals surface area (Å²) in [5.74, 6) is 1.69. The largest absolute Gasteiger partial charge is 0.360 e. The molecule has 1 aromatic carbocycles. The predicted octanol–water partition coefficient (Wildman–Crippen LogP) is 4.31. The van der Waals surface area contributed by atoms with Crippen molar-refractivity contribution in [3.8, 4) is 0 Å². The Labute approximate surface area is 111 Å². The molecule has 0 N–H and O–H groups in total. The summed E-state index contributed by atoms with van der Waals surface area (Å²) in [4.78, 5) is 10.7. The van der Waals surface area contributed by atoms with Gasteiger partial charge in [-0.3, -0.25) is 0 Å². The van der Waals surface area contributed by atoms with Crippen LogP contribution in [0, 0.1) is 17.7 Å². The van der Waals surface area contributed by atoms with Gasteiger partial charge < -0.3 is 4.52 Å². The van der Waals surface area contributed by atoms with Crippen molar-refractivity contribution < 1.29 is 4.52 Å². The number of aromatic nitrogens is 1. The van der Waals surface area contributed by atoms with Crippen LogP contribution in [0.25, 0.3) is 0 Å². The highest BCUT2D eigenvalue weighted by Gasteiger charge is 2.33. The summed E-state index contributed by atoms with van der Waals surface area (Å²) in [7, 11) is 0. The molecule has 1 aliphatic carbocycles. The van der Waals surface area contributed by atoms with Crippen molar-refractivity contribution in [3.63, 3.8) is 0 Å². The quantitative estimate of drug-likeness (QED) is 0.766. The number of benzene rings is 1. The molecule has 0 radical (unpaired) electrons. The van der Waals surface area contributed by atoms with Crippen LogP contribution >= 0.6 is 0 Å². The van der Waals surface area contributed by atoms with Crippen molar-refractivity contribution in [1.29, 1.82) is 0 Å². The minimum Gasteiger partial charge on any atom is -0.360 e. The maximum atomic E-state index is 10.7. The Kier molecular flexibility index (Phi) is 3.15. The molecule has 1 aliphatic rings. The number of aryl methyl sites for hydroxylation is 1. The first-order valence-electron chi connectivity index (χ1n) is 6.64. The van der Waals surface area contributed by atoms with Crippen molar-refractivity contribution in [2.75, 3.05) is 0 Å². The highest BCUT2D eigenvalue weighted by Crippen LogP contribution is 2.44. The molecule has 1 aromatic heterocycles. The molecule has 4 heteroatoms. The second kappa shape index (κ2) is 4.96. The van der Waals surface area contributed by atoms with E-state index in [0.717, 1.165) is 16.9 Å². The van der Waals surface area contributed by atoms with Gasteiger partial charge in [-0.1, -0.05) is 23.7 Å². The van der Waals surface area contributed by atoms with Gasteiger partial charge in [-0.05, 0) is 48.6 Å². The molecule has 1 unspecified atom stereocenters. The molecule has 2 aromatic rings. The molecule has 0 aliphatic heterocycles. The molecule has 19 heavy (non-hydrogen) atoms. The fourth-order valence-corrected chi connectivity index (χ4v) is 2.79. The number of hydrogen-bond acceptors (Lipinski definition) is 4. The third-order valence-corrected chi connectivity index (χ3v) is 4.02. The second-order valence-corrected chi connectivity index (χ2v) is 5.23. The molecule has 4 nitrogen and oxygen atoms in total. The van der Waals surface area contributed by atoms with Crippen LogP contribution in [0.15, 0.2) is 40.2 Å². The molecule has 98 valence electrons. The molecule has 3 rings (SSSR count). The fraction of sp³-hybridized carbons (Fsp3) is 0.400. The van der Waals surface area contributed by atoms with Crippen molar-refractivity contribution >= 4 is 5.69 Å². The molecule has 1 saturated carbocycles. The number of hydrogen-bond donors (Lipinski definition) is 0. The van der Waals surface area contributed by atoms with Gasteiger partial charge in [0.1, 0.15) is 11.4 Å². The van der Waals surface area contributed by atoms with Crippen LogP contribution in [-0.4, -0.2) is 5.16 Å². The Morgan fingerprint density at radius 3 is 2.84 bits per heavy atom. The zero-order valence-corrected chi connectivity index (χ0v) is 10.9. The molecule has 1 fully saturated rings. The van der Waals surface area contributed by atoms with Crippen molar-refractivity contribution in [1.82, 2.24) is 5.16 Å². The number of rotatable bonds is 4. The predicted molar refractivity (Wildman–Crippen MR) is 72.3 cm³/mol. The Morgan fingerprint density at radius 2 is 2.26 bits per heavy atom. The van der Waals surface area contributed by atoms with Gasteiger partial charge in [0.05, 0.1) is 6.20 Å². The van der Waals surface area contributed by atoms with E-state index in [9.17, 15) is 4.91 Å². The Morgan fingerprint density at radius 1 is 1.42 bits per heavy atom. The summed E-state index contributed by atoms with van der Waals surface area (Å²) >= 11 is 0. The first-order chi connectivity index (χ1) is 9.29. The molecule has 1 atom stereocenters. The lowest BCUT2D eigenvalue weighted by atomic mass is 9.71. The summed E-state index contributed by atoms with van der Waals surface area (Å²) in [6.45, 7) is 2.01. The van der Waals surface area contributed by atoms with Crippen molar-refractivity contribution in [3.05, 3.63) is 52.3 Å². The summed E-state index contributed by atoms with van der Waals surface area (Å²) in [5.41, 5.74) is 2.64. The summed E-state index contributed by atoms with van der Waals surface area (Å²) in [6, 6.07) is 7.50. The van der Waals surface area contributed by atoms with Gasteiger partial charge in [-0.25, -0.2) is 0 Å². The van der Waals surface area contributed by atoms with E-state index in [-0.39, 0.29) is 5.92 Å². The van der Waals surface area contributed by atoms with Gasteiger partial charge in [0.15, 0.2) is 0 Å². The lowest BCUT2D eigenvalue weighted by Crippen LogP contribution is -2.21. The standard InChI is InChI=1S/C15H16N2O2/c1-10-9-16-19-15(10)14(11-4-2-5-11)12-6-3-7-13(8-12)17-18/h3,6-9,11,14H,2,4-5H2,1H3. The van der Waals surface area contributed by atoms with Crippen LogP contribution in [0.1, 0.15) is 42.1 Å². The van der Waals surface area contributed by atoms with E-state index < -0.39 is 0 Å². The maximum absolute atomic E-state index is 10.7. The van der Waals surface area contributed by atoms with Crippen molar-refractivity contribution in [2.45, 2.75) is 32.1 Å². The first-order valence-corrected chi connectivity index (χ1v) is 6.64. The zero-order chi connectivity index (χ0) is 13.2. The first kappa shape index (κ1) is 12.1. The smallest absolute Gasteiger partial charge is 0.147 e. The topological polar surface area (TPSA) is 55.5 Å². The van der Waals surface area contributed by atoms with E-state index in [1.54, 1.807) is 12.3 Å². The highest BCUT2D eigenvalue weighted by molar-refractivity contribution is 5.43. The molecule has 0 bridgehead atoms. The molecule has 0 spiro atoms. The average Bonchev–Trinajstić information content (AvgIpc) is 2.79. The van der Waals surface area contributed by atoms with Gasteiger partial charge in [0.25, 0.3) is 0 Å². The van der Waals surface area contributed by atoms with E-state index >= 15 is 0 Å². The van der Waals surface area contributed by atoms with Gasteiger partial charge >= 0.3 is 0 Å². The van der Waals surface area contributed by atoms with Crippen LogP contribution in [-0.2, 0) is 0 Å². The maximum Gasteiger partial charge on any atom is 0.147 e. The lowest BCUT2D eigenvalue weighted by molar-refractivity contribution is 0.246. The van der Waals surface area contributed by atoms with Crippen LogP contribution in [0.4, 0.5) is 5.69 Å². The van der Waals surface area contributed by atoms with Gasteiger partial charge in [0, 0.05) is 11.5 Å². The van der Waals surface area contributed by atoms with Crippen LogP contribution in [0.3, 0.4) is 0 Å². The number of nitroso groups, excluding NO2 is 1. The van der Waals surface area contributed by atoms with E-state index in [1.807, 2.05) is 25.1 Å². The summed E-state index contributed by atoms with van der Waals surface area (Å²) < 4.78 is 5.45. The zero-order valence-electron chi connectivity index (χ0n) is 10.9. The summed E-state index contributed by atoms with van der Waals surface area (Å²) in [5, 5.41) is 6.92. The monoisotopic (exact) mass is 256 g/mol. The van der Waals surface area contributed by atoms with Crippen LogP contribution < -0.4 is 0 Å². The van der Waals surface area contributed by atoms with Gasteiger partial charge in [-0.15, -0.1) is 4.91 Å². The fourth-order valence-electron chi connectivity index (χ4n) is 2.79. The normalized spacial score (nSPS) is 16.9. The van der Waals surface area contributed by atoms with Crippen LogP contribution in [0.5, 0.6) is 0 Å². The second-order valence-electron chi connectivity index (χ2n) is 5.23. The van der Waals surface area contributed by atoms with Gasteiger partial charge in [0.2, 0.25) is 0 Å². The van der Waals surface area contributed by atoms with Crippen molar-refractivity contribution in [2.24, 2.45) is 11.1 Å². The third kappa shape index (κ3) is 2.18. The SMILES string of the molecule is Cc1cnoc1C(c1cccc(N=O)c1)C1CCC1. The van der Waals surface area contributed by atoms with Gasteiger partial charge in [-0.2, -0.15) is 0 Å². The summed E-state index contributed by atoms with van der Waals surface area (Å²) in [6.07, 6.45) is 5.41. The molecule has 0 amide bonds. The van der Waals surface area contributed by atoms with E-state index in [1.165, 1.54) is 19.3 Å². The Balaban J connectivity index is 2.03. The Bertz CT molecular complexity index is 587. The van der Waals surface area contributed by atoms with E-state index in [0.29, 0.717) is 11.6 Å². The average molecular weight is 256 g/mol. The highest BCUT2D eigenvalue weighted by atomic mass is 16.5. The Hall–Kier alpha value is -1.97. The van der Waals surface area contributed by atoms with Crippen LogP contribution in [0.2, 0.25) is 0 Å².